The van der Waals surface area contributed by atoms with E-state index in [0.717, 1.165) is 0 Å². The zero-order chi connectivity index (χ0) is 21.8. The molecule has 0 aliphatic rings. The number of nitrogens with one attached hydrogen (secondary N) is 1. The number of carbonyl (C=O) groups excluding carboxylic acids is 2. The van der Waals surface area contributed by atoms with Gasteiger partial charge in [-0.15, -0.1) is 0 Å². The number of carbonyl (C=O) groups is 2. The third-order valence-electron chi connectivity index (χ3n) is 4.47. The largest absolute Gasteiger partial charge is 0.508 e. The van der Waals surface area contributed by atoms with Crippen molar-refractivity contribution in [1.29, 1.82) is 0 Å². The van der Waals surface area contributed by atoms with Gasteiger partial charge in [-0.2, -0.15) is 0 Å². The second kappa shape index (κ2) is 8.38. The lowest BCUT2D eigenvalue weighted by molar-refractivity contribution is 0.0950. The van der Waals surface area contributed by atoms with Crippen molar-refractivity contribution in [1.82, 2.24) is 5.43 Å². The van der Waals surface area contributed by atoms with Gasteiger partial charge in [0.15, 0.2) is 6.29 Å². The first-order valence-corrected chi connectivity index (χ1v) is 8.71. The molecule has 0 aliphatic carbocycles. The van der Waals surface area contributed by atoms with E-state index in [2.05, 4.69) is 0 Å². The van der Waals surface area contributed by atoms with E-state index in [1.807, 2.05) is 5.43 Å². The first-order chi connectivity index (χ1) is 14.3. The molecule has 0 spiro atoms. The monoisotopic (exact) mass is 406 g/mol. The molecule has 0 aliphatic heterocycles. The fourth-order valence-electron chi connectivity index (χ4n) is 3.04. The van der Waals surface area contributed by atoms with Crippen LogP contribution >= 0.6 is 0 Å². The zero-order valence-corrected chi connectivity index (χ0v) is 15.5. The summed E-state index contributed by atoms with van der Waals surface area (Å²) in [6, 6.07) is 15.4. The van der Waals surface area contributed by atoms with Crippen molar-refractivity contribution in [2.75, 3.05) is 0 Å². The van der Waals surface area contributed by atoms with Crippen molar-refractivity contribution < 1.29 is 30.0 Å². The van der Waals surface area contributed by atoms with Crippen molar-refractivity contribution in [2.24, 2.45) is 5.84 Å². The molecule has 4 aromatic carbocycles. The van der Waals surface area contributed by atoms with E-state index in [-0.39, 0.29) is 28.6 Å². The molecular weight excluding hydrogens is 388 g/mol. The molecule has 30 heavy (non-hydrogen) atoms. The number of nitrogen functional groups attached to an aromatic ring is 1. The summed E-state index contributed by atoms with van der Waals surface area (Å²) in [6.45, 7) is 0. The summed E-state index contributed by atoms with van der Waals surface area (Å²) in [4.78, 5) is 22.0. The smallest absolute Gasteiger partial charge is 0.268 e. The van der Waals surface area contributed by atoms with E-state index in [4.69, 9.17) is 5.84 Å². The fourth-order valence-corrected chi connectivity index (χ4v) is 3.04. The van der Waals surface area contributed by atoms with Gasteiger partial charge in [0.2, 0.25) is 0 Å². The van der Waals surface area contributed by atoms with Crippen LogP contribution in [0.2, 0.25) is 0 Å². The predicted molar refractivity (Wildman–Crippen MR) is 112 cm³/mol. The Kier molecular flexibility index (Phi) is 5.70. The lowest BCUT2D eigenvalue weighted by atomic mass is 10.0. The van der Waals surface area contributed by atoms with Crippen LogP contribution in [-0.4, -0.2) is 32.6 Å². The number of fused-ring (bicyclic) bond motifs is 2. The second-order valence-electron chi connectivity index (χ2n) is 6.37. The average molecular weight is 406 g/mol. The molecule has 8 nitrogen and oxygen atoms in total. The van der Waals surface area contributed by atoms with E-state index >= 15 is 0 Å². The van der Waals surface area contributed by atoms with E-state index in [1.54, 1.807) is 24.3 Å². The Bertz CT molecular complexity index is 1270. The number of nitrogens with two attached hydrogens (primary N) is 1. The van der Waals surface area contributed by atoms with Crippen LogP contribution in [0.4, 0.5) is 0 Å². The minimum absolute atomic E-state index is 0.0268. The highest BCUT2D eigenvalue weighted by atomic mass is 16.3. The molecule has 152 valence electrons. The molecule has 7 N–H and O–H groups in total. The molecule has 0 saturated heterocycles. The molecule has 4 rings (SSSR count). The fraction of sp³-hybridized carbons (Fsp3) is 0. The van der Waals surface area contributed by atoms with Crippen molar-refractivity contribution in [3.8, 4) is 23.0 Å². The van der Waals surface area contributed by atoms with Gasteiger partial charge < -0.3 is 20.4 Å². The third kappa shape index (κ3) is 3.94. The molecular formula is C22H18N2O6. The van der Waals surface area contributed by atoms with Crippen LogP contribution in [0.1, 0.15) is 20.7 Å². The van der Waals surface area contributed by atoms with Gasteiger partial charge >= 0.3 is 0 Å². The number of hydrogen-bond acceptors (Lipinski definition) is 7. The highest BCUT2D eigenvalue weighted by Gasteiger charge is 2.12. The molecule has 1 amide bonds. The normalized spacial score (nSPS) is 10.3. The number of amides is 1. The summed E-state index contributed by atoms with van der Waals surface area (Å²) >= 11 is 0. The van der Waals surface area contributed by atoms with Gasteiger partial charge in [-0.05, 0) is 47.2 Å². The van der Waals surface area contributed by atoms with Gasteiger partial charge in [0.05, 0.1) is 5.56 Å². The first-order valence-electron chi connectivity index (χ1n) is 8.71. The third-order valence-corrected chi connectivity index (χ3v) is 4.47. The maximum atomic E-state index is 11.3. The molecule has 8 heteroatoms. The Hall–Kier alpha value is -4.30. The summed E-state index contributed by atoms with van der Waals surface area (Å²) in [5.41, 5.74) is 2.38. The number of phenols is 4. The quantitative estimate of drug-likeness (QED) is 0.129. The SMILES string of the molecule is NNC(=O)c1cc2cccc(O)c2cc1O.O=Cc1cc(O)cc2c(O)cccc12. The molecule has 0 bridgehead atoms. The summed E-state index contributed by atoms with van der Waals surface area (Å²) in [5.74, 6) is 4.26. The van der Waals surface area contributed by atoms with Crippen LogP contribution in [-0.2, 0) is 0 Å². The number of hydrogen-bond donors (Lipinski definition) is 6. The molecule has 0 aromatic heterocycles. The number of aromatic hydroxyl groups is 4. The predicted octanol–water partition coefficient (Wildman–Crippen LogP) is 2.92. The Labute approximate surface area is 170 Å². The highest BCUT2D eigenvalue weighted by Crippen LogP contribution is 2.31. The number of rotatable bonds is 2. The van der Waals surface area contributed by atoms with Gasteiger partial charge in [-0.25, -0.2) is 5.84 Å². The number of benzene rings is 4. The van der Waals surface area contributed by atoms with Gasteiger partial charge in [0.25, 0.3) is 5.91 Å². The standard InChI is InChI=1S/C11H10N2O3.C11H8O3/c12-13-11(16)8-4-6-2-1-3-9(14)7(6)5-10(8)15;12-6-7-4-8(13)5-10-9(7)2-1-3-11(10)14/h1-5,14-15H,12H2,(H,13,16);1-6,13-14H. The molecule has 0 saturated carbocycles. The summed E-state index contributed by atoms with van der Waals surface area (Å²) in [7, 11) is 0. The lowest BCUT2D eigenvalue weighted by Crippen LogP contribution is -2.29. The van der Waals surface area contributed by atoms with Gasteiger partial charge in [0.1, 0.15) is 23.0 Å². The lowest BCUT2D eigenvalue weighted by Gasteiger charge is -2.06. The maximum absolute atomic E-state index is 11.3. The van der Waals surface area contributed by atoms with Crippen LogP contribution < -0.4 is 11.3 Å². The van der Waals surface area contributed by atoms with E-state index in [0.29, 0.717) is 33.4 Å². The van der Waals surface area contributed by atoms with Crippen LogP contribution in [0.15, 0.2) is 60.7 Å². The highest BCUT2D eigenvalue weighted by molar-refractivity contribution is 6.02. The Morgan fingerprint density at radius 2 is 1.47 bits per heavy atom. The molecule has 0 fully saturated rings. The summed E-state index contributed by atoms with van der Waals surface area (Å²) in [6.07, 6.45) is 0.654. The number of hydrazine groups is 1. The van der Waals surface area contributed by atoms with Crippen LogP contribution in [0.25, 0.3) is 21.5 Å². The van der Waals surface area contributed by atoms with Crippen LogP contribution in [0, 0.1) is 0 Å². The Morgan fingerprint density at radius 1 is 0.800 bits per heavy atom. The number of phenolic OH excluding ortho intramolecular Hbond substituents is 4. The van der Waals surface area contributed by atoms with E-state index in [1.165, 1.54) is 36.4 Å². The molecule has 0 atom stereocenters. The van der Waals surface area contributed by atoms with Crippen molar-refractivity contribution in [2.45, 2.75) is 0 Å². The van der Waals surface area contributed by atoms with E-state index in [9.17, 15) is 30.0 Å². The summed E-state index contributed by atoms with van der Waals surface area (Å²) in [5, 5.41) is 40.2. The second-order valence-corrected chi connectivity index (χ2v) is 6.37. The Balaban J connectivity index is 0.000000172. The molecule has 0 heterocycles. The van der Waals surface area contributed by atoms with Crippen molar-refractivity contribution >= 4 is 33.7 Å². The van der Waals surface area contributed by atoms with E-state index < -0.39 is 5.91 Å². The minimum atomic E-state index is -0.581. The summed E-state index contributed by atoms with van der Waals surface area (Å²) < 4.78 is 0. The maximum Gasteiger partial charge on any atom is 0.268 e. The van der Waals surface area contributed by atoms with Crippen LogP contribution in [0.5, 0.6) is 23.0 Å². The zero-order valence-electron chi connectivity index (χ0n) is 15.5. The topological polar surface area (TPSA) is 153 Å². The molecule has 0 radical (unpaired) electrons. The van der Waals surface area contributed by atoms with Gasteiger partial charge in [0, 0.05) is 16.3 Å². The van der Waals surface area contributed by atoms with Crippen LogP contribution in [0.3, 0.4) is 0 Å². The first kappa shape index (κ1) is 20.4. The molecule has 4 aromatic rings. The minimum Gasteiger partial charge on any atom is -0.508 e. The average Bonchev–Trinajstić information content (AvgIpc) is 2.74. The number of aldehydes is 1. The molecule has 0 unspecified atom stereocenters. The van der Waals surface area contributed by atoms with Crippen molar-refractivity contribution in [3.63, 3.8) is 0 Å². The van der Waals surface area contributed by atoms with Gasteiger partial charge in [-0.1, -0.05) is 24.3 Å². The van der Waals surface area contributed by atoms with Gasteiger partial charge in [-0.3, -0.25) is 15.0 Å². The Morgan fingerprint density at radius 3 is 2.13 bits per heavy atom. The van der Waals surface area contributed by atoms with Crippen molar-refractivity contribution in [3.05, 3.63) is 71.8 Å².